The van der Waals surface area contributed by atoms with Gasteiger partial charge in [0.15, 0.2) is 0 Å². The zero-order valence-corrected chi connectivity index (χ0v) is 13.7. The molecule has 2 rings (SSSR count). The lowest BCUT2D eigenvalue weighted by Crippen LogP contribution is -2.20. The number of hydrogen-bond donors (Lipinski definition) is 1. The van der Waals surface area contributed by atoms with Crippen LogP contribution in [0.2, 0.25) is 0 Å². The van der Waals surface area contributed by atoms with Gasteiger partial charge in [-0.3, -0.25) is 0 Å². The first kappa shape index (κ1) is 15.1. The van der Waals surface area contributed by atoms with Gasteiger partial charge in [-0.05, 0) is 38.1 Å². The van der Waals surface area contributed by atoms with Crippen molar-refractivity contribution in [3.8, 4) is 5.75 Å². The molecule has 1 atom stereocenters. The van der Waals surface area contributed by atoms with Gasteiger partial charge in [-0.2, -0.15) is 0 Å². The molecule has 0 saturated carbocycles. The number of likely N-dealkylation sites (N-methyl/N-ethyl adjacent to an activating group) is 1. The van der Waals surface area contributed by atoms with Crippen LogP contribution in [-0.4, -0.2) is 14.2 Å². The van der Waals surface area contributed by atoms with Crippen molar-refractivity contribution in [2.45, 2.75) is 19.4 Å². The molecule has 0 spiro atoms. The lowest BCUT2D eigenvalue weighted by atomic mass is 9.97. The topological polar surface area (TPSA) is 21.3 Å². The number of ether oxygens (including phenoxy) is 1. The number of benzene rings is 2. The molecule has 0 aliphatic heterocycles. The molecule has 2 nitrogen and oxygen atoms in total. The van der Waals surface area contributed by atoms with Gasteiger partial charge < -0.3 is 10.1 Å². The van der Waals surface area contributed by atoms with E-state index >= 15 is 0 Å². The van der Waals surface area contributed by atoms with E-state index in [9.17, 15) is 0 Å². The van der Waals surface area contributed by atoms with E-state index in [0.29, 0.717) is 0 Å². The van der Waals surface area contributed by atoms with Gasteiger partial charge in [0.25, 0.3) is 0 Å². The van der Waals surface area contributed by atoms with E-state index in [-0.39, 0.29) is 6.04 Å². The van der Waals surface area contributed by atoms with Crippen molar-refractivity contribution in [1.29, 1.82) is 0 Å². The van der Waals surface area contributed by atoms with Gasteiger partial charge in [-0.1, -0.05) is 51.8 Å². The summed E-state index contributed by atoms with van der Waals surface area (Å²) in [6.07, 6.45) is 0.914. The first-order valence-corrected chi connectivity index (χ1v) is 7.50. The average Bonchev–Trinajstić information content (AvgIpc) is 2.46. The molecule has 0 aliphatic rings. The SMILES string of the molecule is CNC(Cc1ccccc1Br)c1cc(C)ccc1OC. The number of hydrogen-bond acceptors (Lipinski definition) is 2. The maximum Gasteiger partial charge on any atom is 0.123 e. The molecule has 0 heterocycles. The number of methoxy groups -OCH3 is 1. The zero-order chi connectivity index (χ0) is 14.5. The van der Waals surface area contributed by atoms with Crippen LogP contribution in [0, 0.1) is 6.92 Å². The van der Waals surface area contributed by atoms with E-state index in [4.69, 9.17) is 4.74 Å². The van der Waals surface area contributed by atoms with Gasteiger partial charge in [-0.25, -0.2) is 0 Å². The average molecular weight is 334 g/mol. The van der Waals surface area contributed by atoms with Crippen LogP contribution in [0.15, 0.2) is 46.9 Å². The van der Waals surface area contributed by atoms with Gasteiger partial charge in [-0.15, -0.1) is 0 Å². The van der Waals surface area contributed by atoms with E-state index in [1.165, 1.54) is 16.7 Å². The van der Waals surface area contributed by atoms with Gasteiger partial charge in [0.05, 0.1) is 7.11 Å². The van der Waals surface area contributed by atoms with Crippen molar-refractivity contribution in [3.63, 3.8) is 0 Å². The summed E-state index contributed by atoms with van der Waals surface area (Å²) in [6, 6.07) is 14.9. The Kier molecular flexibility index (Phi) is 5.21. The summed E-state index contributed by atoms with van der Waals surface area (Å²) >= 11 is 3.62. The van der Waals surface area contributed by atoms with Gasteiger partial charge in [0.1, 0.15) is 5.75 Å². The molecule has 2 aromatic carbocycles. The third-order valence-electron chi connectivity index (χ3n) is 3.49. The van der Waals surface area contributed by atoms with Crippen LogP contribution in [-0.2, 0) is 6.42 Å². The van der Waals surface area contributed by atoms with Crippen molar-refractivity contribution in [3.05, 3.63) is 63.6 Å². The minimum absolute atomic E-state index is 0.226. The summed E-state index contributed by atoms with van der Waals surface area (Å²) in [7, 11) is 3.71. The molecule has 1 N–H and O–H groups in total. The highest BCUT2D eigenvalue weighted by molar-refractivity contribution is 9.10. The fraction of sp³-hybridized carbons (Fsp3) is 0.294. The maximum atomic E-state index is 5.50. The Bertz CT molecular complexity index is 583. The zero-order valence-electron chi connectivity index (χ0n) is 12.1. The van der Waals surface area contributed by atoms with E-state index in [1.807, 2.05) is 19.2 Å². The third kappa shape index (κ3) is 3.41. The summed E-state index contributed by atoms with van der Waals surface area (Å²) < 4.78 is 6.64. The van der Waals surface area contributed by atoms with Gasteiger partial charge in [0, 0.05) is 16.1 Å². The predicted molar refractivity (Wildman–Crippen MR) is 87.4 cm³/mol. The third-order valence-corrected chi connectivity index (χ3v) is 4.26. The van der Waals surface area contributed by atoms with E-state index in [0.717, 1.165) is 16.6 Å². The van der Waals surface area contributed by atoms with E-state index < -0.39 is 0 Å². The fourth-order valence-corrected chi connectivity index (χ4v) is 2.82. The Morgan fingerprint density at radius 3 is 2.60 bits per heavy atom. The van der Waals surface area contributed by atoms with Gasteiger partial charge >= 0.3 is 0 Å². The lowest BCUT2D eigenvalue weighted by Gasteiger charge is -2.20. The van der Waals surface area contributed by atoms with Crippen LogP contribution >= 0.6 is 15.9 Å². The van der Waals surface area contributed by atoms with Gasteiger partial charge in [0.2, 0.25) is 0 Å². The maximum absolute atomic E-state index is 5.50. The minimum atomic E-state index is 0.226. The highest BCUT2D eigenvalue weighted by atomic mass is 79.9. The lowest BCUT2D eigenvalue weighted by molar-refractivity contribution is 0.401. The Morgan fingerprint density at radius 1 is 1.20 bits per heavy atom. The molecular formula is C17H20BrNO. The quantitative estimate of drug-likeness (QED) is 0.882. The highest BCUT2D eigenvalue weighted by Crippen LogP contribution is 2.30. The summed E-state index contributed by atoms with van der Waals surface area (Å²) in [5.41, 5.74) is 3.73. The molecular weight excluding hydrogens is 314 g/mol. The van der Waals surface area contributed by atoms with Crippen LogP contribution in [0.3, 0.4) is 0 Å². The summed E-state index contributed by atoms with van der Waals surface area (Å²) in [5.74, 6) is 0.932. The summed E-state index contributed by atoms with van der Waals surface area (Å²) in [4.78, 5) is 0. The monoisotopic (exact) mass is 333 g/mol. The number of nitrogens with one attached hydrogen (secondary N) is 1. The predicted octanol–water partition coefficient (Wildman–Crippen LogP) is 4.27. The second-order valence-electron chi connectivity index (χ2n) is 4.88. The molecule has 2 aromatic rings. The molecule has 106 valence electrons. The molecule has 20 heavy (non-hydrogen) atoms. The molecule has 0 radical (unpaired) electrons. The van der Waals surface area contributed by atoms with E-state index in [1.54, 1.807) is 7.11 Å². The molecule has 3 heteroatoms. The van der Waals surface area contributed by atoms with Crippen LogP contribution in [0.5, 0.6) is 5.75 Å². The molecule has 0 bridgehead atoms. The number of halogens is 1. The molecule has 0 saturated heterocycles. The van der Waals surface area contributed by atoms with Crippen molar-refractivity contribution >= 4 is 15.9 Å². The Hall–Kier alpha value is -1.32. The first-order chi connectivity index (χ1) is 9.65. The Labute approximate surface area is 129 Å². The number of rotatable bonds is 5. The molecule has 0 aliphatic carbocycles. The smallest absolute Gasteiger partial charge is 0.123 e. The van der Waals surface area contributed by atoms with Crippen molar-refractivity contribution in [1.82, 2.24) is 5.32 Å². The van der Waals surface area contributed by atoms with Crippen LogP contribution in [0.1, 0.15) is 22.7 Å². The molecule has 0 amide bonds. The van der Waals surface area contributed by atoms with Crippen molar-refractivity contribution in [2.75, 3.05) is 14.2 Å². The minimum Gasteiger partial charge on any atom is -0.496 e. The largest absolute Gasteiger partial charge is 0.496 e. The second-order valence-corrected chi connectivity index (χ2v) is 5.74. The standard InChI is InChI=1S/C17H20BrNO/c1-12-8-9-17(20-3)14(10-12)16(19-2)11-13-6-4-5-7-15(13)18/h4-10,16,19H,11H2,1-3H3. The Morgan fingerprint density at radius 2 is 1.95 bits per heavy atom. The fourth-order valence-electron chi connectivity index (χ4n) is 2.38. The van der Waals surface area contributed by atoms with Crippen molar-refractivity contribution < 1.29 is 4.74 Å². The first-order valence-electron chi connectivity index (χ1n) is 6.71. The second kappa shape index (κ2) is 6.91. The Balaban J connectivity index is 2.33. The summed E-state index contributed by atoms with van der Waals surface area (Å²) in [5, 5.41) is 3.40. The highest BCUT2D eigenvalue weighted by Gasteiger charge is 2.16. The van der Waals surface area contributed by atoms with Crippen LogP contribution < -0.4 is 10.1 Å². The molecule has 0 fully saturated rings. The summed E-state index contributed by atoms with van der Waals surface area (Å²) in [6.45, 7) is 2.11. The molecule has 1 unspecified atom stereocenters. The number of aryl methyl sites for hydroxylation is 1. The van der Waals surface area contributed by atoms with E-state index in [2.05, 4.69) is 58.5 Å². The normalized spacial score (nSPS) is 12.2. The van der Waals surface area contributed by atoms with Crippen LogP contribution in [0.4, 0.5) is 0 Å². The van der Waals surface area contributed by atoms with Crippen molar-refractivity contribution in [2.24, 2.45) is 0 Å². The van der Waals surface area contributed by atoms with Crippen LogP contribution in [0.25, 0.3) is 0 Å². The molecule has 0 aromatic heterocycles.